The number of aliphatic imine (C=N–C) groups is 1. The van der Waals surface area contributed by atoms with Crippen LogP contribution in [0.2, 0.25) is 0 Å². The van der Waals surface area contributed by atoms with Crippen LogP contribution in [0.3, 0.4) is 0 Å². The van der Waals surface area contributed by atoms with Crippen LogP contribution < -0.4 is 0 Å². The Kier molecular flexibility index (Phi) is 1.50. The second-order valence-corrected chi connectivity index (χ2v) is 1.42. The summed E-state index contributed by atoms with van der Waals surface area (Å²) in [6.07, 6.45) is 1.63. The number of nitrogens with zero attached hydrogens (tertiary/aromatic N) is 1. The molecule has 0 amide bonds. The Morgan fingerprint density at radius 2 is 2.75 bits per heavy atom. The van der Waals surface area contributed by atoms with Crippen molar-refractivity contribution in [1.82, 2.24) is 0 Å². The van der Waals surface area contributed by atoms with Crippen LogP contribution in [0, 0.1) is 0 Å². The van der Waals surface area contributed by atoms with E-state index in [0.717, 1.165) is 6.54 Å². The molecule has 0 bridgehead atoms. The van der Waals surface area contributed by atoms with Gasteiger partial charge in [0.25, 0.3) is 0 Å². The lowest BCUT2D eigenvalue weighted by atomic mass is 10.6. The van der Waals surface area contributed by atoms with E-state index in [-0.39, 0.29) is 0 Å². The molecule has 0 N–H and O–H groups in total. The lowest BCUT2D eigenvalue weighted by Gasteiger charge is -1.87. The molecule has 1 aliphatic heterocycles. The Morgan fingerprint density at radius 1 is 1.88 bits per heavy atom. The molecular weight excluding hydrogens is 102 g/mol. The maximum atomic E-state index is 4.99. The first-order chi connectivity index (χ1) is 3.93. The molecule has 0 atom stereocenters. The van der Waals surface area contributed by atoms with Gasteiger partial charge in [0, 0.05) is 6.08 Å². The fraction of sp³-hybridized carbons (Fsp3) is 0.333. The van der Waals surface area contributed by atoms with E-state index in [0.29, 0.717) is 12.5 Å². The van der Waals surface area contributed by atoms with Gasteiger partial charge in [-0.05, 0) is 0 Å². The molecule has 1 heterocycles. The van der Waals surface area contributed by atoms with Crippen molar-refractivity contribution in [2.24, 2.45) is 4.99 Å². The molecule has 0 radical (unpaired) electrons. The minimum atomic E-state index is 0.653. The van der Waals surface area contributed by atoms with Crippen molar-refractivity contribution in [3.8, 4) is 0 Å². The van der Waals surface area contributed by atoms with Gasteiger partial charge in [-0.1, -0.05) is 6.58 Å². The predicted molar refractivity (Wildman–Crippen MR) is 32.0 cm³/mol. The maximum Gasteiger partial charge on any atom is 0.216 e. The largest absolute Gasteiger partial charge is 0.475 e. The Hall–Kier alpha value is -1.01. The van der Waals surface area contributed by atoms with Gasteiger partial charge in [-0.25, -0.2) is 4.99 Å². The van der Waals surface area contributed by atoms with Gasteiger partial charge >= 0.3 is 0 Å². The molecule has 0 spiro atoms. The summed E-state index contributed by atoms with van der Waals surface area (Å²) in [5.74, 6) is 0.653. The number of hydrogen-bond donors (Lipinski definition) is 0. The van der Waals surface area contributed by atoms with Gasteiger partial charge in [-0.2, -0.15) is 0 Å². The van der Waals surface area contributed by atoms with Crippen molar-refractivity contribution in [3.63, 3.8) is 0 Å². The van der Waals surface area contributed by atoms with E-state index in [1.165, 1.54) is 0 Å². The Morgan fingerprint density at radius 3 is 3.25 bits per heavy atom. The lowest BCUT2D eigenvalue weighted by Crippen LogP contribution is -1.91. The average Bonchev–Trinajstić information content (AvgIpc) is 2.19. The van der Waals surface area contributed by atoms with Crippen molar-refractivity contribution in [3.05, 3.63) is 18.4 Å². The molecule has 0 saturated heterocycles. The molecule has 0 fully saturated rings. The van der Waals surface area contributed by atoms with E-state index in [9.17, 15) is 0 Å². The van der Waals surface area contributed by atoms with Crippen LogP contribution in [-0.4, -0.2) is 19.0 Å². The summed E-state index contributed by atoms with van der Waals surface area (Å²) in [5, 5.41) is 0. The summed E-state index contributed by atoms with van der Waals surface area (Å²) < 4.78 is 4.99. The van der Waals surface area contributed by atoms with Crippen molar-refractivity contribution in [1.29, 1.82) is 0 Å². The van der Waals surface area contributed by atoms with Crippen molar-refractivity contribution < 1.29 is 4.74 Å². The molecule has 42 valence electrons. The zero-order valence-corrected chi connectivity index (χ0v) is 4.55. The lowest BCUT2D eigenvalue weighted by molar-refractivity contribution is 0.350. The summed E-state index contributed by atoms with van der Waals surface area (Å²) in [4.78, 5) is 3.96. The van der Waals surface area contributed by atoms with E-state index in [4.69, 9.17) is 4.74 Å². The topological polar surface area (TPSA) is 21.6 Å². The fourth-order valence-electron chi connectivity index (χ4n) is 0.526. The molecule has 0 aromatic heterocycles. The molecule has 2 heteroatoms. The van der Waals surface area contributed by atoms with Gasteiger partial charge in [0.2, 0.25) is 5.90 Å². The SMILES string of the molecule is C=C=CC1=NCCO1. The van der Waals surface area contributed by atoms with Crippen LogP contribution in [0.4, 0.5) is 0 Å². The van der Waals surface area contributed by atoms with Gasteiger partial charge in [0.15, 0.2) is 0 Å². The molecule has 0 aromatic rings. The first-order valence-electron chi connectivity index (χ1n) is 2.46. The highest BCUT2D eigenvalue weighted by atomic mass is 16.5. The van der Waals surface area contributed by atoms with E-state index in [2.05, 4.69) is 17.3 Å². The summed E-state index contributed by atoms with van der Waals surface area (Å²) in [6.45, 7) is 4.86. The van der Waals surface area contributed by atoms with Crippen molar-refractivity contribution >= 4 is 5.90 Å². The molecule has 8 heavy (non-hydrogen) atoms. The van der Waals surface area contributed by atoms with E-state index < -0.39 is 0 Å². The minimum absolute atomic E-state index is 0.653. The molecule has 1 rings (SSSR count). The third-order valence-corrected chi connectivity index (χ3v) is 0.834. The second-order valence-electron chi connectivity index (χ2n) is 1.42. The van der Waals surface area contributed by atoms with Gasteiger partial charge in [-0.15, -0.1) is 5.73 Å². The number of rotatable bonds is 1. The van der Waals surface area contributed by atoms with Crippen LogP contribution in [0.25, 0.3) is 0 Å². The van der Waals surface area contributed by atoms with E-state index >= 15 is 0 Å². The monoisotopic (exact) mass is 109 g/mol. The first-order valence-corrected chi connectivity index (χ1v) is 2.46. The van der Waals surface area contributed by atoms with Gasteiger partial charge in [-0.3, -0.25) is 0 Å². The third kappa shape index (κ3) is 0.983. The molecule has 2 nitrogen and oxygen atoms in total. The van der Waals surface area contributed by atoms with Gasteiger partial charge in [0.05, 0.1) is 6.54 Å². The molecule has 0 saturated carbocycles. The van der Waals surface area contributed by atoms with Gasteiger partial charge < -0.3 is 4.74 Å². The van der Waals surface area contributed by atoms with Crippen molar-refractivity contribution in [2.45, 2.75) is 0 Å². The average molecular weight is 109 g/mol. The van der Waals surface area contributed by atoms with Crippen LogP contribution in [-0.2, 0) is 4.74 Å². The second kappa shape index (κ2) is 2.34. The highest BCUT2D eigenvalue weighted by Gasteiger charge is 1.99. The Balaban J connectivity index is 2.57. The highest BCUT2D eigenvalue weighted by molar-refractivity contribution is 5.88. The summed E-state index contributed by atoms with van der Waals surface area (Å²) >= 11 is 0. The normalized spacial score (nSPS) is 16.2. The zero-order chi connectivity index (χ0) is 5.82. The Labute approximate surface area is 48.2 Å². The fourth-order valence-corrected chi connectivity index (χ4v) is 0.526. The molecule has 0 aromatic carbocycles. The van der Waals surface area contributed by atoms with Crippen LogP contribution in [0.1, 0.15) is 0 Å². The minimum Gasteiger partial charge on any atom is -0.475 e. The van der Waals surface area contributed by atoms with Crippen LogP contribution in [0.5, 0.6) is 0 Å². The van der Waals surface area contributed by atoms with Crippen LogP contribution in [0.15, 0.2) is 23.4 Å². The van der Waals surface area contributed by atoms with Crippen LogP contribution >= 0.6 is 0 Å². The Bertz CT molecular complexity index is 154. The molecule has 0 aliphatic carbocycles. The van der Waals surface area contributed by atoms with Gasteiger partial charge in [0.1, 0.15) is 6.61 Å². The smallest absolute Gasteiger partial charge is 0.216 e. The first kappa shape index (κ1) is 5.13. The summed E-state index contributed by atoms with van der Waals surface area (Å²) in [7, 11) is 0. The number of ether oxygens (including phenoxy) is 1. The predicted octanol–water partition coefficient (Wildman–Crippen LogP) is 0.756. The summed E-state index contributed by atoms with van der Waals surface area (Å²) in [6, 6.07) is 0. The zero-order valence-electron chi connectivity index (χ0n) is 4.55. The maximum absolute atomic E-state index is 4.99. The molecule has 1 aliphatic rings. The third-order valence-electron chi connectivity index (χ3n) is 0.834. The van der Waals surface area contributed by atoms with E-state index in [1.807, 2.05) is 0 Å². The summed E-state index contributed by atoms with van der Waals surface area (Å²) in [5.41, 5.74) is 2.58. The standard InChI is InChI=1S/C6H7NO/c1-2-3-6-7-4-5-8-6/h3H,1,4-5H2. The quantitative estimate of drug-likeness (QED) is 0.455. The highest BCUT2D eigenvalue weighted by Crippen LogP contribution is 1.92. The molecular formula is C6H7NO. The molecule has 0 unspecified atom stereocenters. The van der Waals surface area contributed by atoms with Crippen molar-refractivity contribution in [2.75, 3.05) is 13.2 Å². The number of hydrogen-bond acceptors (Lipinski definition) is 2. The van der Waals surface area contributed by atoms with E-state index in [1.54, 1.807) is 6.08 Å².